The lowest BCUT2D eigenvalue weighted by atomic mass is 10.1. The van der Waals surface area contributed by atoms with E-state index in [1.807, 2.05) is 5.32 Å². The molecule has 16 heavy (non-hydrogen) atoms. The van der Waals surface area contributed by atoms with Gasteiger partial charge >= 0.3 is 5.97 Å². The summed E-state index contributed by atoms with van der Waals surface area (Å²) in [5.74, 6) is -2.16. The molecule has 0 saturated heterocycles. The standard InChI is InChI=1S/C11H11NO4/c1-7(11(15)16)12-10(14)9(13)8-5-3-2-4-6-8/h2-6,9,13H,1H2,(H,12,14)(H,15,16). The summed E-state index contributed by atoms with van der Waals surface area (Å²) >= 11 is 0. The molecule has 0 heterocycles. The summed E-state index contributed by atoms with van der Waals surface area (Å²) in [7, 11) is 0. The highest BCUT2D eigenvalue weighted by Crippen LogP contribution is 2.12. The van der Waals surface area contributed by atoms with Crippen LogP contribution in [0.2, 0.25) is 0 Å². The average molecular weight is 221 g/mol. The SMILES string of the molecule is C=C(NC(=O)C(O)c1ccccc1)C(=O)O. The third-order valence-corrected chi connectivity index (χ3v) is 1.90. The number of rotatable bonds is 4. The lowest BCUT2D eigenvalue weighted by Gasteiger charge is -2.10. The van der Waals surface area contributed by atoms with E-state index in [4.69, 9.17) is 5.11 Å². The molecule has 0 radical (unpaired) electrons. The lowest BCUT2D eigenvalue weighted by molar-refractivity contribution is -0.136. The van der Waals surface area contributed by atoms with Gasteiger partial charge < -0.3 is 15.5 Å². The van der Waals surface area contributed by atoms with Gasteiger partial charge in [-0.25, -0.2) is 4.79 Å². The van der Waals surface area contributed by atoms with E-state index < -0.39 is 23.7 Å². The predicted molar refractivity (Wildman–Crippen MR) is 56.3 cm³/mol. The highest BCUT2D eigenvalue weighted by Gasteiger charge is 2.19. The van der Waals surface area contributed by atoms with Crippen LogP contribution in [0.5, 0.6) is 0 Å². The topological polar surface area (TPSA) is 86.6 Å². The van der Waals surface area contributed by atoms with Crippen molar-refractivity contribution in [2.24, 2.45) is 0 Å². The number of hydrogen-bond donors (Lipinski definition) is 3. The Bertz CT molecular complexity index is 413. The highest BCUT2D eigenvalue weighted by molar-refractivity contribution is 5.93. The number of amides is 1. The van der Waals surface area contributed by atoms with Gasteiger partial charge in [-0.15, -0.1) is 0 Å². The molecule has 3 N–H and O–H groups in total. The summed E-state index contributed by atoms with van der Waals surface area (Å²) in [5.41, 5.74) is -0.0850. The number of aliphatic hydroxyl groups is 1. The van der Waals surface area contributed by atoms with Crippen molar-refractivity contribution < 1.29 is 19.8 Å². The second kappa shape index (κ2) is 5.09. The number of carboxylic acids is 1. The van der Waals surface area contributed by atoms with Crippen LogP contribution in [0.4, 0.5) is 0 Å². The van der Waals surface area contributed by atoms with Crippen LogP contribution in [0.25, 0.3) is 0 Å². The van der Waals surface area contributed by atoms with Crippen LogP contribution >= 0.6 is 0 Å². The molecule has 1 amide bonds. The van der Waals surface area contributed by atoms with Crippen molar-refractivity contribution in [2.75, 3.05) is 0 Å². The maximum Gasteiger partial charge on any atom is 0.351 e. The normalized spacial score (nSPS) is 11.6. The average Bonchev–Trinajstić information content (AvgIpc) is 2.28. The Morgan fingerprint density at radius 1 is 1.25 bits per heavy atom. The van der Waals surface area contributed by atoms with E-state index in [0.29, 0.717) is 5.56 Å². The minimum atomic E-state index is -1.41. The van der Waals surface area contributed by atoms with E-state index in [1.54, 1.807) is 30.3 Å². The number of aliphatic carboxylic acids is 1. The van der Waals surface area contributed by atoms with Crippen molar-refractivity contribution >= 4 is 11.9 Å². The second-order valence-corrected chi connectivity index (χ2v) is 3.09. The molecule has 0 spiro atoms. The quantitative estimate of drug-likeness (QED) is 0.644. The van der Waals surface area contributed by atoms with Gasteiger partial charge in [0.1, 0.15) is 5.70 Å². The number of carbonyl (C=O) groups is 2. The van der Waals surface area contributed by atoms with E-state index in [2.05, 4.69) is 6.58 Å². The van der Waals surface area contributed by atoms with Gasteiger partial charge in [-0.2, -0.15) is 0 Å². The summed E-state index contributed by atoms with van der Waals surface area (Å²) in [4.78, 5) is 21.8. The van der Waals surface area contributed by atoms with Crippen LogP contribution in [0.1, 0.15) is 11.7 Å². The van der Waals surface area contributed by atoms with Gasteiger partial charge in [-0.3, -0.25) is 4.79 Å². The van der Waals surface area contributed by atoms with E-state index in [-0.39, 0.29) is 0 Å². The first-order valence-electron chi connectivity index (χ1n) is 4.48. The molecule has 0 aliphatic heterocycles. The van der Waals surface area contributed by atoms with E-state index in [0.717, 1.165) is 0 Å². The molecule has 1 unspecified atom stereocenters. The van der Waals surface area contributed by atoms with Gasteiger partial charge in [-0.1, -0.05) is 36.9 Å². The number of aliphatic hydroxyl groups excluding tert-OH is 1. The number of nitrogens with one attached hydrogen (secondary N) is 1. The molecule has 5 nitrogen and oxygen atoms in total. The van der Waals surface area contributed by atoms with Crippen LogP contribution in [0, 0.1) is 0 Å². The van der Waals surface area contributed by atoms with E-state index in [1.165, 1.54) is 0 Å². The van der Waals surface area contributed by atoms with Gasteiger partial charge in [0.15, 0.2) is 6.10 Å². The minimum absolute atomic E-state index is 0.387. The third kappa shape index (κ3) is 2.93. The van der Waals surface area contributed by atoms with E-state index >= 15 is 0 Å². The smallest absolute Gasteiger partial charge is 0.351 e. The van der Waals surface area contributed by atoms with Gasteiger partial charge in [0.2, 0.25) is 0 Å². The Morgan fingerprint density at radius 3 is 2.31 bits per heavy atom. The zero-order valence-electron chi connectivity index (χ0n) is 8.38. The van der Waals surface area contributed by atoms with Crippen molar-refractivity contribution in [3.05, 3.63) is 48.2 Å². The largest absolute Gasteiger partial charge is 0.477 e. The predicted octanol–water partition coefficient (Wildman–Crippen LogP) is 0.434. The fourth-order valence-electron chi connectivity index (χ4n) is 1.06. The van der Waals surface area contributed by atoms with Gasteiger partial charge in [0, 0.05) is 0 Å². The molecule has 1 atom stereocenters. The Labute approximate surface area is 92.0 Å². The fourth-order valence-corrected chi connectivity index (χ4v) is 1.06. The first-order chi connectivity index (χ1) is 7.52. The second-order valence-electron chi connectivity index (χ2n) is 3.09. The number of hydrogen-bond acceptors (Lipinski definition) is 3. The van der Waals surface area contributed by atoms with Crippen molar-refractivity contribution in [3.63, 3.8) is 0 Å². The molecule has 0 aromatic heterocycles. The number of carbonyl (C=O) groups excluding carboxylic acids is 1. The Kier molecular flexibility index (Phi) is 3.79. The van der Waals surface area contributed by atoms with Gasteiger partial charge in [-0.05, 0) is 5.56 Å². The molecule has 0 fully saturated rings. The maximum absolute atomic E-state index is 11.4. The molecule has 1 rings (SSSR count). The molecule has 0 bridgehead atoms. The zero-order chi connectivity index (χ0) is 12.1. The summed E-state index contributed by atoms with van der Waals surface area (Å²) < 4.78 is 0. The van der Waals surface area contributed by atoms with Crippen molar-refractivity contribution in [1.82, 2.24) is 5.32 Å². The first-order valence-corrected chi connectivity index (χ1v) is 4.48. The summed E-state index contributed by atoms with van der Waals surface area (Å²) in [6, 6.07) is 8.20. The van der Waals surface area contributed by atoms with E-state index in [9.17, 15) is 14.7 Å². The summed E-state index contributed by atoms with van der Waals surface area (Å²) in [6.07, 6.45) is -1.41. The molecular formula is C11H11NO4. The van der Waals surface area contributed by atoms with Crippen LogP contribution in [-0.4, -0.2) is 22.1 Å². The third-order valence-electron chi connectivity index (χ3n) is 1.90. The monoisotopic (exact) mass is 221 g/mol. The molecule has 0 aliphatic rings. The number of benzene rings is 1. The van der Waals surface area contributed by atoms with Crippen LogP contribution in [0.3, 0.4) is 0 Å². The van der Waals surface area contributed by atoms with Crippen LogP contribution < -0.4 is 5.32 Å². The maximum atomic E-state index is 11.4. The van der Waals surface area contributed by atoms with Crippen LogP contribution in [-0.2, 0) is 9.59 Å². The molecule has 0 saturated carbocycles. The first kappa shape index (κ1) is 11.9. The summed E-state index contributed by atoms with van der Waals surface area (Å²) in [5, 5.41) is 20.1. The molecule has 0 aliphatic carbocycles. The molecule has 84 valence electrons. The van der Waals surface area contributed by atoms with Gasteiger partial charge in [0.05, 0.1) is 0 Å². The van der Waals surface area contributed by atoms with Crippen LogP contribution in [0.15, 0.2) is 42.6 Å². The highest BCUT2D eigenvalue weighted by atomic mass is 16.4. The molecular weight excluding hydrogens is 210 g/mol. The number of carboxylic acid groups (broad SMARTS) is 1. The molecule has 5 heteroatoms. The van der Waals surface area contributed by atoms with Crippen molar-refractivity contribution in [2.45, 2.75) is 6.10 Å². The Balaban J connectivity index is 2.69. The Hall–Kier alpha value is -2.14. The van der Waals surface area contributed by atoms with Crippen molar-refractivity contribution in [1.29, 1.82) is 0 Å². The Morgan fingerprint density at radius 2 is 1.81 bits per heavy atom. The summed E-state index contributed by atoms with van der Waals surface area (Å²) in [6.45, 7) is 3.13. The zero-order valence-corrected chi connectivity index (χ0v) is 8.38. The molecule has 1 aromatic rings. The lowest BCUT2D eigenvalue weighted by Crippen LogP contribution is -2.31. The van der Waals surface area contributed by atoms with Gasteiger partial charge in [0.25, 0.3) is 5.91 Å². The molecule has 1 aromatic carbocycles. The fraction of sp³-hybridized carbons (Fsp3) is 0.0909. The minimum Gasteiger partial charge on any atom is -0.477 e. The van der Waals surface area contributed by atoms with Crippen molar-refractivity contribution in [3.8, 4) is 0 Å².